The van der Waals surface area contributed by atoms with E-state index >= 15 is 0 Å². The smallest absolute Gasteiger partial charge is 0.264 e. The van der Waals surface area contributed by atoms with E-state index in [1.807, 2.05) is 13.8 Å². The molecule has 0 radical (unpaired) electrons. The summed E-state index contributed by atoms with van der Waals surface area (Å²) in [7, 11) is -2.78. The lowest BCUT2D eigenvalue weighted by Gasteiger charge is -2.32. The van der Waals surface area contributed by atoms with Crippen molar-refractivity contribution in [2.45, 2.75) is 44.7 Å². The Labute approximate surface area is 240 Å². The molecule has 2 amide bonds. The highest BCUT2D eigenvalue weighted by Crippen LogP contribution is 2.27. The minimum atomic E-state index is -4.31. The van der Waals surface area contributed by atoms with Gasteiger partial charge < -0.3 is 19.7 Å². The molecule has 1 N–H and O–H groups in total. The topological polar surface area (TPSA) is 105 Å². The third-order valence-corrected chi connectivity index (χ3v) is 8.11. The van der Waals surface area contributed by atoms with Crippen molar-refractivity contribution in [3.8, 4) is 11.5 Å². The van der Waals surface area contributed by atoms with Gasteiger partial charge in [0.1, 0.15) is 29.9 Å². The van der Waals surface area contributed by atoms with Crippen LogP contribution in [0.3, 0.4) is 0 Å². The third-order valence-electron chi connectivity index (χ3n) is 6.32. The van der Waals surface area contributed by atoms with Gasteiger partial charge in [0.25, 0.3) is 10.0 Å². The van der Waals surface area contributed by atoms with Crippen molar-refractivity contribution in [1.82, 2.24) is 10.2 Å². The van der Waals surface area contributed by atoms with Gasteiger partial charge in [-0.25, -0.2) is 12.8 Å². The van der Waals surface area contributed by atoms with Crippen LogP contribution in [-0.2, 0) is 26.2 Å². The molecule has 0 heterocycles. The maximum atomic E-state index is 13.9. The van der Waals surface area contributed by atoms with Crippen molar-refractivity contribution in [2.75, 3.05) is 31.1 Å². The van der Waals surface area contributed by atoms with E-state index in [1.165, 1.54) is 24.1 Å². The van der Waals surface area contributed by atoms with Crippen LogP contribution < -0.4 is 19.1 Å². The first-order valence-electron chi connectivity index (χ1n) is 13.3. The average Bonchev–Trinajstić information content (AvgIpc) is 2.97. The zero-order chi connectivity index (χ0) is 30.0. The highest BCUT2D eigenvalue weighted by molar-refractivity contribution is 7.92. The van der Waals surface area contributed by atoms with Crippen molar-refractivity contribution < 1.29 is 31.9 Å². The molecule has 3 aromatic rings. The van der Waals surface area contributed by atoms with Gasteiger partial charge in [-0.2, -0.15) is 0 Å². The lowest BCUT2D eigenvalue weighted by Crippen LogP contribution is -2.51. The number of hydrogen-bond acceptors (Lipinski definition) is 6. The highest BCUT2D eigenvalue weighted by atomic mass is 32.2. The molecule has 3 aromatic carbocycles. The minimum absolute atomic E-state index is 0.0322. The summed E-state index contributed by atoms with van der Waals surface area (Å²) in [5.41, 5.74) is 0.900. The van der Waals surface area contributed by atoms with E-state index in [0.717, 1.165) is 28.6 Å². The number of sulfonamides is 1. The first-order chi connectivity index (χ1) is 19.6. The van der Waals surface area contributed by atoms with E-state index in [0.29, 0.717) is 36.6 Å². The molecule has 0 unspecified atom stereocenters. The van der Waals surface area contributed by atoms with E-state index in [2.05, 4.69) is 5.32 Å². The number of hydrogen-bond donors (Lipinski definition) is 1. The molecule has 9 nitrogen and oxygen atoms in total. The van der Waals surface area contributed by atoms with Gasteiger partial charge in [-0.3, -0.25) is 13.9 Å². The largest absolute Gasteiger partial charge is 0.497 e. The second-order valence-electron chi connectivity index (χ2n) is 9.23. The summed E-state index contributed by atoms with van der Waals surface area (Å²) >= 11 is 0. The number of anilines is 1. The van der Waals surface area contributed by atoms with Crippen molar-refractivity contribution >= 4 is 27.5 Å². The lowest BCUT2D eigenvalue weighted by atomic mass is 10.1. The fourth-order valence-electron chi connectivity index (χ4n) is 4.08. The van der Waals surface area contributed by atoms with Crippen molar-refractivity contribution in [1.29, 1.82) is 0 Å². The molecule has 11 heteroatoms. The van der Waals surface area contributed by atoms with Gasteiger partial charge in [0.15, 0.2) is 0 Å². The molecule has 0 aromatic heterocycles. The van der Waals surface area contributed by atoms with Crippen LogP contribution in [0.25, 0.3) is 0 Å². The van der Waals surface area contributed by atoms with Crippen LogP contribution >= 0.6 is 0 Å². The van der Waals surface area contributed by atoms with E-state index < -0.39 is 34.3 Å². The summed E-state index contributed by atoms with van der Waals surface area (Å²) in [5.74, 6) is -0.455. The van der Waals surface area contributed by atoms with E-state index in [4.69, 9.17) is 9.47 Å². The second kappa shape index (κ2) is 14.5. The van der Waals surface area contributed by atoms with Gasteiger partial charge in [0.05, 0.1) is 24.3 Å². The maximum Gasteiger partial charge on any atom is 0.264 e. The van der Waals surface area contributed by atoms with Gasteiger partial charge in [-0.15, -0.1) is 0 Å². The number of nitrogens with one attached hydrogen (secondary N) is 1. The van der Waals surface area contributed by atoms with Crippen LogP contribution in [0.2, 0.25) is 0 Å². The Hall–Kier alpha value is -4.12. The Bertz CT molecular complexity index is 1410. The molecule has 1 atom stereocenters. The molecule has 0 saturated carbocycles. The summed E-state index contributed by atoms with van der Waals surface area (Å²) in [6.45, 7) is 5.62. The number of halogens is 1. The van der Waals surface area contributed by atoms with E-state index in [9.17, 15) is 22.4 Å². The molecule has 3 rings (SSSR count). The highest BCUT2D eigenvalue weighted by Gasteiger charge is 2.32. The number of methoxy groups -OCH3 is 1. The van der Waals surface area contributed by atoms with Crippen molar-refractivity contribution in [3.63, 3.8) is 0 Å². The summed E-state index contributed by atoms with van der Waals surface area (Å²) in [6.07, 6.45) is 0.712. The number of carbonyl (C=O) groups excluding carboxylic acids is 2. The second-order valence-corrected chi connectivity index (χ2v) is 11.1. The number of ether oxygens (including phenoxy) is 2. The summed E-state index contributed by atoms with van der Waals surface area (Å²) in [5, 5.41) is 2.80. The quantitative estimate of drug-likeness (QED) is 0.301. The SMILES string of the molecule is CCCNC(=O)[C@@H](C)N(Cc1cccc(OC)c1)C(=O)CN(c1ccc(OCC)cc1)S(=O)(=O)c1ccc(F)cc1. The Kier molecular flexibility index (Phi) is 11.1. The Morgan fingerprint density at radius 1 is 0.976 bits per heavy atom. The normalized spacial score (nSPS) is 11.8. The molecule has 0 fully saturated rings. The Morgan fingerprint density at radius 3 is 2.27 bits per heavy atom. The zero-order valence-electron chi connectivity index (χ0n) is 23.7. The summed E-state index contributed by atoms with van der Waals surface area (Å²) in [6, 6.07) is 16.8. The monoisotopic (exact) mass is 585 g/mol. The summed E-state index contributed by atoms with van der Waals surface area (Å²) in [4.78, 5) is 28.0. The van der Waals surface area contributed by atoms with Gasteiger partial charge >= 0.3 is 0 Å². The summed E-state index contributed by atoms with van der Waals surface area (Å²) < 4.78 is 53.0. The van der Waals surface area contributed by atoms with Crippen LogP contribution in [-0.4, -0.2) is 58.0 Å². The van der Waals surface area contributed by atoms with Crippen LogP contribution in [0.1, 0.15) is 32.8 Å². The first-order valence-corrected chi connectivity index (χ1v) is 14.8. The van der Waals surface area contributed by atoms with Crippen LogP contribution in [0.5, 0.6) is 11.5 Å². The van der Waals surface area contributed by atoms with Crippen LogP contribution in [0.15, 0.2) is 77.7 Å². The number of benzene rings is 3. The number of amides is 2. The van der Waals surface area contributed by atoms with Crippen LogP contribution in [0, 0.1) is 5.82 Å². The molecule has 0 aliphatic rings. The molecular weight excluding hydrogens is 549 g/mol. The van der Waals surface area contributed by atoms with Gasteiger partial charge in [0.2, 0.25) is 11.8 Å². The predicted octanol–water partition coefficient (Wildman–Crippen LogP) is 4.37. The number of nitrogens with zero attached hydrogens (tertiary/aromatic N) is 2. The van der Waals surface area contributed by atoms with Gasteiger partial charge in [-0.05, 0) is 86.5 Å². The Morgan fingerprint density at radius 2 is 1.66 bits per heavy atom. The third kappa shape index (κ3) is 8.20. The molecule has 220 valence electrons. The molecule has 0 aliphatic heterocycles. The van der Waals surface area contributed by atoms with Crippen molar-refractivity contribution in [3.05, 3.63) is 84.2 Å². The van der Waals surface area contributed by atoms with E-state index in [1.54, 1.807) is 43.3 Å². The van der Waals surface area contributed by atoms with Crippen LogP contribution in [0.4, 0.5) is 10.1 Å². The van der Waals surface area contributed by atoms with Crippen molar-refractivity contribution in [2.24, 2.45) is 0 Å². The fraction of sp³-hybridized carbons (Fsp3) is 0.333. The number of carbonyl (C=O) groups is 2. The first kappa shape index (κ1) is 31.4. The average molecular weight is 586 g/mol. The molecule has 41 heavy (non-hydrogen) atoms. The van der Waals surface area contributed by atoms with Gasteiger partial charge in [-0.1, -0.05) is 19.1 Å². The Balaban J connectivity index is 2.03. The lowest BCUT2D eigenvalue weighted by molar-refractivity contribution is -0.139. The van der Waals surface area contributed by atoms with Gasteiger partial charge in [0, 0.05) is 13.1 Å². The molecule has 0 saturated heterocycles. The molecule has 0 aliphatic carbocycles. The number of rotatable bonds is 14. The standard InChI is InChI=1S/C30H36FN3O6S/c1-5-18-32-30(36)22(3)33(20-23-8-7-9-27(19-23)39-4)29(35)21-34(25-12-14-26(15-13-25)40-6-2)41(37,38)28-16-10-24(31)11-17-28/h7-17,19,22H,5-6,18,20-21H2,1-4H3,(H,32,36)/t22-/m1/s1. The maximum absolute atomic E-state index is 13.9. The molecule has 0 spiro atoms. The fourth-order valence-corrected chi connectivity index (χ4v) is 5.50. The zero-order valence-corrected chi connectivity index (χ0v) is 24.5. The predicted molar refractivity (Wildman–Crippen MR) is 155 cm³/mol. The molecule has 0 bridgehead atoms. The minimum Gasteiger partial charge on any atom is -0.497 e. The molecular formula is C30H36FN3O6S. The van der Waals surface area contributed by atoms with E-state index in [-0.39, 0.29) is 23.0 Å².